The molecule has 0 aliphatic heterocycles. The van der Waals surface area contributed by atoms with Crippen molar-refractivity contribution in [2.45, 2.75) is 20.4 Å². The quantitative estimate of drug-likeness (QED) is 0.885. The van der Waals surface area contributed by atoms with Gasteiger partial charge in [-0.05, 0) is 49.7 Å². The first-order chi connectivity index (χ1) is 11.5. The molecule has 4 nitrogen and oxygen atoms in total. The van der Waals surface area contributed by atoms with Crippen molar-refractivity contribution in [2.75, 3.05) is 13.1 Å². The van der Waals surface area contributed by atoms with E-state index in [-0.39, 0.29) is 17.6 Å². The Morgan fingerprint density at radius 1 is 1.00 bits per heavy atom. The van der Waals surface area contributed by atoms with E-state index < -0.39 is 0 Å². The second-order valence-corrected chi connectivity index (χ2v) is 5.37. The number of carbonyl (C=O) groups is 2. The predicted octanol–water partition coefficient (Wildman–Crippen LogP) is 3.24. The van der Waals surface area contributed by atoms with Crippen LogP contribution >= 0.6 is 0 Å². The van der Waals surface area contributed by atoms with E-state index in [1.54, 1.807) is 41.3 Å². The van der Waals surface area contributed by atoms with Crippen LogP contribution in [-0.2, 0) is 6.54 Å². The molecule has 0 unspecified atom stereocenters. The van der Waals surface area contributed by atoms with Crippen molar-refractivity contribution < 1.29 is 14.0 Å². The van der Waals surface area contributed by atoms with Gasteiger partial charge in [-0.25, -0.2) is 4.39 Å². The fourth-order valence-electron chi connectivity index (χ4n) is 2.37. The minimum Gasteiger partial charge on any atom is -0.348 e. The number of halogens is 1. The highest BCUT2D eigenvalue weighted by Crippen LogP contribution is 2.09. The Morgan fingerprint density at radius 3 is 2.25 bits per heavy atom. The van der Waals surface area contributed by atoms with Crippen LogP contribution < -0.4 is 5.32 Å². The Labute approximate surface area is 141 Å². The summed E-state index contributed by atoms with van der Waals surface area (Å²) < 4.78 is 12.9. The Hall–Kier alpha value is -2.69. The Kier molecular flexibility index (Phi) is 6.07. The molecular weight excluding hydrogens is 307 g/mol. The molecule has 1 N–H and O–H groups in total. The highest BCUT2D eigenvalue weighted by molar-refractivity contribution is 5.99. The Balaban J connectivity index is 2.05. The Bertz CT molecular complexity index is 710. The van der Waals surface area contributed by atoms with Crippen LogP contribution in [0.1, 0.15) is 40.1 Å². The standard InChI is InChI=1S/C19H21FN2O2/c1-3-22(4-2)19(24)16-7-5-6-15(12-16)18(23)21-13-14-8-10-17(20)11-9-14/h5-12H,3-4,13H2,1-2H3,(H,21,23). The van der Waals surface area contributed by atoms with E-state index in [1.165, 1.54) is 12.1 Å². The normalized spacial score (nSPS) is 10.3. The fourth-order valence-corrected chi connectivity index (χ4v) is 2.37. The third-order valence-electron chi connectivity index (χ3n) is 3.79. The minimum atomic E-state index is -0.312. The Morgan fingerprint density at radius 2 is 1.62 bits per heavy atom. The SMILES string of the molecule is CCN(CC)C(=O)c1cccc(C(=O)NCc2ccc(F)cc2)c1. The van der Waals surface area contributed by atoms with Crippen LogP contribution in [0, 0.1) is 5.82 Å². The molecule has 2 amide bonds. The number of hydrogen-bond acceptors (Lipinski definition) is 2. The van der Waals surface area contributed by atoms with Crippen LogP contribution in [0.4, 0.5) is 4.39 Å². The third-order valence-corrected chi connectivity index (χ3v) is 3.79. The van der Waals surface area contributed by atoms with Crippen molar-refractivity contribution in [1.82, 2.24) is 10.2 Å². The van der Waals surface area contributed by atoms with E-state index in [0.717, 1.165) is 5.56 Å². The zero-order valence-electron chi connectivity index (χ0n) is 13.9. The van der Waals surface area contributed by atoms with E-state index in [4.69, 9.17) is 0 Å². The monoisotopic (exact) mass is 328 g/mol. The molecular formula is C19H21FN2O2. The van der Waals surface area contributed by atoms with Gasteiger partial charge in [-0.3, -0.25) is 9.59 Å². The lowest BCUT2D eigenvalue weighted by Crippen LogP contribution is -2.30. The molecule has 24 heavy (non-hydrogen) atoms. The molecule has 0 aromatic heterocycles. The second-order valence-electron chi connectivity index (χ2n) is 5.37. The number of hydrogen-bond donors (Lipinski definition) is 1. The highest BCUT2D eigenvalue weighted by Gasteiger charge is 2.14. The van der Waals surface area contributed by atoms with Crippen molar-refractivity contribution >= 4 is 11.8 Å². The summed E-state index contributed by atoms with van der Waals surface area (Å²) in [4.78, 5) is 26.3. The summed E-state index contributed by atoms with van der Waals surface area (Å²) in [7, 11) is 0. The predicted molar refractivity (Wildman–Crippen MR) is 91.3 cm³/mol. The molecule has 0 bridgehead atoms. The molecule has 126 valence electrons. The second kappa shape index (κ2) is 8.24. The molecule has 2 rings (SSSR count). The molecule has 0 aliphatic rings. The maximum Gasteiger partial charge on any atom is 0.253 e. The van der Waals surface area contributed by atoms with Gasteiger partial charge in [-0.15, -0.1) is 0 Å². The van der Waals surface area contributed by atoms with E-state index in [1.807, 2.05) is 13.8 Å². The van der Waals surface area contributed by atoms with Crippen molar-refractivity contribution in [3.8, 4) is 0 Å². The summed E-state index contributed by atoms with van der Waals surface area (Å²) in [5, 5.41) is 2.77. The third kappa shape index (κ3) is 4.41. The lowest BCUT2D eigenvalue weighted by atomic mass is 10.1. The molecule has 0 radical (unpaired) electrons. The maximum absolute atomic E-state index is 12.9. The van der Waals surface area contributed by atoms with E-state index in [2.05, 4.69) is 5.32 Å². The van der Waals surface area contributed by atoms with Crippen molar-refractivity contribution in [2.24, 2.45) is 0 Å². The van der Waals surface area contributed by atoms with Crippen LogP contribution in [0.25, 0.3) is 0 Å². The van der Waals surface area contributed by atoms with E-state index >= 15 is 0 Å². The van der Waals surface area contributed by atoms with Crippen molar-refractivity contribution in [3.63, 3.8) is 0 Å². The maximum atomic E-state index is 12.9. The topological polar surface area (TPSA) is 49.4 Å². The number of nitrogens with one attached hydrogen (secondary N) is 1. The molecule has 0 saturated carbocycles. The summed E-state index contributed by atoms with van der Waals surface area (Å²) in [6, 6.07) is 12.6. The van der Waals surface area contributed by atoms with Gasteiger partial charge in [0.1, 0.15) is 5.82 Å². The summed E-state index contributed by atoms with van der Waals surface area (Å²) in [5.41, 5.74) is 1.73. The molecule has 0 heterocycles. The van der Waals surface area contributed by atoms with Gasteiger partial charge in [-0.2, -0.15) is 0 Å². The van der Waals surface area contributed by atoms with Gasteiger partial charge in [-0.1, -0.05) is 18.2 Å². The molecule has 0 atom stereocenters. The van der Waals surface area contributed by atoms with Crippen molar-refractivity contribution in [1.29, 1.82) is 0 Å². The lowest BCUT2D eigenvalue weighted by molar-refractivity contribution is 0.0773. The summed E-state index contributed by atoms with van der Waals surface area (Å²) in [6.07, 6.45) is 0. The van der Waals surface area contributed by atoms with Gasteiger partial charge < -0.3 is 10.2 Å². The fraction of sp³-hybridized carbons (Fsp3) is 0.263. The first kappa shape index (κ1) is 17.7. The minimum absolute atomic E-state index is 0.0896. The van der Waals surface area contributed by atoms with Gasteiger partial charge >= 0.3 is 0 Å². The molecule has 5 heteroatoms. The smallest absolute Gasteiger partial charge is 0.253 e. The van der Waals surface area contributed by atoms with Gasteiger partial charge in [0.05, 0.1) is 0 Å². The zero-order valence-corrected chi connectivity index (χ0v) is 13.9. The highest BCUT2D eigenvalue weighted by atomic mass is 19.1. The summed E-state index contributed by atoms with van der Waals surface area (Å²) in [5.74, 6) is -0.672. The largest absolute Gasteiger partial charge is 0.348 e. The van der Waals surface area contributed by atoms with Crippen molar-refractivity contribution in [3.05, 3.63) is 71.0 Å². The number of amides is 2. The first-order valence-electron chi connectivity index (χ1n) is 7.97. The molecule has 0 saturated heterocycles. The summed E-state index contributed by atoms with van der Waals surface area (Å²) >= 11 is 0. The van der Waals surface area contributed by atoms with Crippen LogP contribution in [0.3, 0.4) is 0 Å². The average molecular weight is 328 g/mol. The van der Waals surface area contributed by atoms with Crippen LogP contribution in [0.15, 0.2) is 48.5 Å². The van der Waals surface area contributed by atoms with E-state index in [9.17, 15) is 14.0 Å². The first-order valence-corrected chi connectivity index (χ1v) is 7.97. The number of nitrogens with zero attached hydrogens (tertiary/aromatic N) is 1. The molecule has 0 aliphatic carbocycles. The zero-order chi connectivity index (χ0) is 17.5. The van der Waals surface area contributed by atoms with Crippen LogP contribution in [0.2, 0.25) is 0 Å². The molecule has 2 aromatic rings. The molecule has 0 spiro atoms. The number of benzene rings is 2. The lowest BCUT2D eigenvalue weighted by Gasteiger charge is -2.18. The van der Waals surface area contributed by atoms with Gasteiger partial charge in [0.15, 0.2) is 0 Å². The summed E-state index contributed by atoms with van der Waals surface area (Å²) in [6.45, 7) is 5.38. The number of rotatable bonds is 6. The van der Waals surface area contributed by atoms with Crippen LogP contribution in [-0.4, -0.2) is 29.8 Å². The average Bonchev–Trinajstić information content (AvgIpc) is 2.62. The van der Waals surface area contributed by atoms with Crippen LogP contribution in [0.5, 0.6) is 0 Å². The molecule has 2 aromatic carbocycles. The molecule has 0 fully saturated rings. The number of carbonyl (C=O) groups excluding carboxylic acids is 2. The van der Waals surface area contributed by atoms with Gasteiger partial charge in [0.2, 0.25) is 0 Å². The van der Waals surface area contributed by atoms with Gasteiger partial charge in [0.25, 0.3) is 11.8 Å². The van der Waals surface area contributed by atoms with E-state index in [0.29, 0.717) is 30.8 Å². The van der Waals surface area contributed by atoms with Gasteiger partial charge in [0, 0.05) is 30.8 Å².